The van der Waals surface area contributed by atoms with E-state index in [-0.39, 0.29) is 23.3 Å². The van der Waals surface area contributed by atoms with E-state index in [9.17, 15) is 9.59 Å². The molecule has 0 aliphatic rings. The van der Waals surface area contributed by atoms with Crippen LogP contribution in [0, 0.1) is 0 Å². The van der Waals surface area contributed by atoms with Gasteiger partial charge in [-0.25, -0.2) is 19.9 Å². The van der Waals surface area contributed by atoms with Crippen LogP contribution in [0.4, 0.5) is 11.9 Å². The number of hydrogen-bond donors (Lipinski definition) is 6. The zero-order valence-electron chi connectivity index (χ0n) is 14.1. The number of Topliss-reactive ketones (excluding diaryl/α,β-unsaturated/α-hetero) is 2. The smallest absolute Gasteiger partial charge is 0.222 e. The number of aromatic nitrogens is 8. The van der Waals surface area contributed by atoms with Gasteiger partial charge in [0, 0.05) is 0 Å². The minimum atomic E-state index is -0.620. The third kappa shape index (κ3) is 3.57. The van der Waals surface area contributed by atoms with Gasteiger partial charge in [-0.1, -0.05) is 0 Å². The van der Waals surface area contributed by atoms with Crippen LogP contribution in [0.25, 0.3) is 22.3 Å². The molecular weight excluding hydrogens is 372 g/mol. The van der Waals surface area contributed by atoms with E-state index in [2.05, 4.69) is 39.9 Å². The Hall–Kier alpha value is -4.04. The number of carbonyl (C=O) groups excluding carboxylic acids is 2. The first-order chi connectivity index (χ1) is 13.4. The molecule has 0 aliphatic heterocycles. The zero-order valence-corrected chi connectivity index (χ0v) is 14.1. The van der Waals surface area contributed by atoms with Gasteiger partial charge in [0.15, 0.2) is 11.3 Å². The van der Waals surface area contributed by atoms with Crippen LogP contribution in [0.2, 0.25) is 0 Å². The molecule has 0 unspecified atom stereocenters. The fourth-order valence-electron chi connectivity index (χ4n) is 2.25. The molecule has 0 aliphatic carbocycles. The van der Waals surface area contributed by atoms with Crippen molar-refractivity contribution in [3.63, 3.8) is 0 Å². The normalized spacial score (nSPS) is 10.6. The molecule has 4 rings (SSSR count). The summed E-state index contributed by atoms with van der Waals surface area (Å²) in [6.45, 7) is -1.24. The third-order valence-electron chi connectivity index (χ3n) is 3.42. The number of rotatable bonds is 4. The number of hydrogen-bond acceptors (Lipinski definition) is 12. The molecule has 8 N–H and O–H groups in total. The number of carbonyl (C=O) groups is 2. The molecule has 0 atom stereocenters. The van der Waals surface area contributed by atoms with Crippen molar-refractivity contribution in [1.82, 2.24) is 39.9 Å². The topological polar surface area (TPSA) is 236 Å². The fourth-order valence-corrected chi connectivity index (χ4v) is 2.25. The molecule has 0 radical (unpaired) electrons. The quantitative estimate of drug-likeness (QED) is 0.213. The monoisotopic (exact) mass is 386 g/mol. The summed E-state index contributed by atoms with van der Waals surface area (Å²) in [6.07, 6.45) is 2.76. The highest BCUT2D eigenvalue weighted by Crippen LogP contribution is 2.13. The van der Waals surface area contributed by atoms with Crippen molar-refractivity contribution >= 4 is 45.8 Å². The second-order valence-corrected chi connectivity index (χ2v) is 5.23. The highest BCUT2D eigenvalue weighted by atomic mass is 16.3. The number of aliphatic hydroxyl groups is 2. The Bertz CT molecular complexity index is 1080. The second-order valence-electron chi connectivity index (χ2n) is 5.23. The van der Waals surface area contributed by atoms with Crippen LogP contribution in [-0.2, 0) is 0 Å². The maximum Gasteiger partial charge on any atom is 0.222 e. The van der Waals surface area contributed by atoms with E-state index in [1.165, 1.54) is 12.7 Å². The predicted molar refractivity (Wildman–Crippen MR) is 95.0 cm³/mol. The number of aliphatic hydroxyl groups excluding tert-OH is 2. The summed E-state index contributed by atoms with van der Waals surface area (Å²) in [5, 5.41) is 17.4. The van der Waals surface area contributed by atoms with Crippen molar-refractivity contribution in [3.8, 4) is 0 Å². The minimum absolute atomic E-state index is 0.0404. The molecule has 0 amide bonds. The van der Waals surface area contributed by atoms with E-state index in [0.29, 0.717) is 22.3 Å². The van der Waals surface area contributed by atoms with Crippen LogP contribution in [0.15, 0.2) is 12.7 Å². The van der Waals surface area contributed by atoms with Crippen LogP contribution in [0.1, 0.15) is 21.0 Å². The lowest BCUT2D eigenvalue weighted by molar-refractivity contribution is 0.0894. The van der Waals surface area contributed by atoms with Crippen molar-refractivity contribution in [2.75, 3.05) is 24.7 Å². The number of fused-ring (bicyclic) bond motifs is 2. The standard InChI is InChI=1S/2C7H7N5O2/c2*8-7-11-4(3(14)1-13)5-6(12-7)10-2-9-5/h2*2,13H,1H2,(H3,8,9,10,11,12). The number of imidazole rings is 2. The first kappa shape index (κ1) is 18.7. The van der Waals surface area contributed by atoms with Gasteiger partial charge in [0.2, 0.25) is 23.5 Å². The molecule has 4 aromatic heterocycles. The molecule has 14 nitrogen and oxygen atoms in total. The van der Waals surface area contributed by atoms with Crippen LogP contribution < -0.4 is 11.5 Å². The average Bonchev–Trinajstić information content (AvgIpc) is 3.34. The summed E-state index contributed by atoms with van der Waals surface area (Å²) in [6, 6.07) is 0. The Morgan fingerprint density at radius 1 is 0.786 bits per heavy atom. The van der Waals surface area contributed by atoms with Gasteiger partial charge in [0.1, 0.15) is 35.6 Å². The van der Waals surface area contributed by atoms with Gasteiger partial charge < -0.3 is 31.6 Å². The number of nitrogens with one attached hydrogen (secondary N) is 2. The molecule has 4 aromatic rings. The zero-order chi connectivity index (χ0) is 20.3. The maximum atomic E-state index is 11.2. The molecule has 0 bridgehead atoms. The Labute approximate surface area is 155 Å². The lowest BCUT2D eigenvalue weighted by Crippen LogP contribution is -2.10. The first-order valence-electron chi connectivity index (χ1n) is 7.65. The third-order valence-corrected chi connectivity index (χ3v) is 3.42. The maximum absolute atomic E-state index is 11.2. The largest absolute Gasteiger partial charge is 0.388 e. The number of H-pyrrole nitrogens is 2. The van der Waals surface area contributed by atoms with Gasteiger partial charge in [-0.15, -0.1) is 0 Å². The molecular formula is C14H14N10O4. The molecule has 4 heterocycles. The van der Waals surface area contributed by atoms with E-state index in [1.807, 2.05) is 0 Å². The highest BCUT2D eigenvalue weighted by molar-refractivity contribution is 6.05. The van der Waals surface area contributed by atoms with E-state index in [4.69, 9.17) is 21.7 Å². The molecule has 144 valence electrons. The molecule has 0 spiro atoms. The Morgan fingerprint density at radius 2 is 1.18 bits per heavy atom. The molecule has 0 saturated carbocycles. The molecule has 0 fully saturated rings. The van der Waals surface area contributed by atoms with Crippen LogP contribution in [-0.4, -0.2) is 74.9 Å². The van der Waals surface area contributed by atoms with Gasteiger partial charge in [0.05, 0.1) is 12.7 Å². The van der Waals surface area contributed by atoms with E-state index < -0.39 is 24.8 Å². The fraction of sp³-hybridized carbons (Fsp3) is 0.143. The van der Waals surface area contributed by atoms with Crippen molar-refractivity contribution < 1.29 is 19.8 Å². The summed E-state index contributed by atoms with van der Waals surface area (Å²) in [5.41, 5.74) is 12.3. The number of aromatic amines is 2. The van der Waals surface area contributed by atoms with Gasteiger partial charge in [-0.3, -0.25) is 9.59 Å². The molecule has 0 saturated heterocycles. The predicted octanol–water partition coefficient (Wildman–Crippen LogP) is -1.78. The molecule has 14 heteroatoms. The highest BCUT2D eigenvalue weighted by Gasteiger charge is 2.15. The summed E-state index contributed by atoms with van der Waals surface area (Å²) in [5.74, 6) is -1.12. The van der Waals surface area contributed by atoms with Crippen LogP contribution >= 0.6 is 0 Å². The van der Waals surface area contributed by atoms with E-state index in [0.717, 1.165) is 0 Å². The average molecular weight is 386 g/mol. The summed E-state index contributed by atoms with van der Waals surface area (Å²) in [4.78, 5) is 50.6. The van der Waals surface area contributed by atoms with Gasteiger partial charge in [0.25, 0.3) is 0 Å². The number of nitrogens with two attached hydrogens (primary N) is 2. The van der Waals surface area contributed by atoms with Crippen LogP contribution in [0.3, 0.4) is 0 Å². The number of nitrogens with zero attached hydrogens (tertiary/aromatic N) is 6. The molecule has 0 aromatic carbocycles. The lowest BCUT2D eigenvalue weighted by atomic mass is 10.2. The Morgan fingerprint density at radius 3 is 1.54 bits per heavy atom. The van der Waals surface area contributed by atoms with Gasteiger partial charge in [-0.2, -0.15) is 9.97 Å². The number of anilines is 2. The van der Waals surface area contributed by atoms with Crippen molar-refractivity contribution in [3.05, 3.63) is 24.0 Å². The summed E-state index contributed by atoms with van der Waals surface area (Å²) >= 11 is 0. The van der Waals surface area contributed by atoms with Gasteiger partial charge >= 0.3 is 0 Å². The number of nitrogen functional groups attached to an aromatic ring is 2. The second kappa shape index (κ2) is 7.68. The first-order valence-corrected chi connectivity index (χ1v) is 7.65. The SMILES string of the molecule is Nc1nc(C(=O)CO)c2[nH]cnc2n1.Nc1nc(C(=O)CO)c2[nH]cnc2n1. The summed E-state index contributed by atoms with van der Waals surface area (Å²) < 4.78 is 0. The number of ketones is 2. The van der Waals surface area contributed by atoms with E-state index >= 15 is 0 Å². The van der Waals surface area contributed by atoms with Crippen LogP contribution in [0.5, 0.6) is 0 Å². The summed E-state index contributed by atoms with van der Waals surface area (Å²) in [7, 11) is 0. The Balaban J connectivity index is 0.000000161. The van der Waals surface area contributed by atoms with Gasteiger partial charge in [-0.05, 0) is 0 Å². The van der Waals surface area contributed by atoms with Crippen molar-refractivity contribution in [2.45, 2.75) is 0 Å². The minimum Gasteiger partial charge on any atom is -0.388 e. The lowest BCUT2D eigenvalue weighted by Gasteiger charge is -1.98. The molecule has 28 heavy (non-hydrogen) atoms. The van der Waals surface area contributed by atoms with Crippen molar-refractivity contribution in [1.29, 1.82) is 0 Å². The Kier molecular flexibility index (Phi) is 5.14. The van der Waals surface area contributed by atoms with E-state index in [1.54, 1.807) is 0 Å². The van der Waals surface area contributed by atoms with Crippen molar-refractivity contribution in [2.24, 2.45) is 0 Å².